The van der Waals surface area contributed by atoms with Crippen LogP contribution in [0.1, 0.15) is 43.2 Å². The predicted octanol–water partition coefficient (Wildman–Crippen LogP) is 2.79. The zero-order chi connectivity index (χ0) is 20.1. The topological polar surface area (TPSA) is 91.2 Å². The number of piperidine rings is 1. The van der Waals surface area contributed by atoms with Gasteiger partial charge in [0, 0.05) is 19.4 Å². The van der Waals surface area contributed by atoms with Crippen molar-refractivity contribution in [2.24, 2.45) is 0 Å². The van der Waals surface area contributed by atoms with Crippen LogP contribution < -0.4 is 10.9 Å². The molecule has 2 aromatic heterocycles. The van der Waals surface area contributed by atoms with E-state index in [2.05, 4.69) is 20.2 Å². The summed E-state index contributed by atoms with van der Waals surface area (Å²) in [7, 11) is 0. The number of carbonyl (C=O) groups is 1. The molecule has 3 aromatic rings. The van der Waals surface area contributed by atoms with Crippen molar-refractivity contribution in [1.29, 1.82) is 0 Å². The fourth-order valence-electron chi connectivity index (χ4n) is 3.89. The van der Waals surface area contributed by atoms with E-state index in [-0.39, 0.29) is 23.9 Å². The molecule has 0 spiro atoms. The number of nitrogens with zero attached hydrogens (tertiary/aromatic N) is 2. The molecule has 1 atom stereocenters. The maximum absolute atomic E-state index is 12.4. The second kappa shape index (κ2) is 9.05. The summed E-state index contributed by atoms with van der Waals surface area (Å²) in [6.45, 7) is 2.52. The molecule has 7 heteroatoms. The predicted molar refractivity (Wildman–Crippen MR) is 111 cm³/mol. The van der Waals surface area contributed by atoms with Gasteiger partial charge in [-0.3, -0.25) is 14.5 Å². The Balaban J connectivity index is 1.36. The summed E-state index contributed by atoms with van der Waals surface area (Å²) in [4.78, 5) is 34.3. The van der Waals surface area contributed by atoms with Gasteiger partial charge in [0.15, 0.2) is 0 Å². The molecule has 1 aliphatic rings. The summed E-state index contributed by atoms with van der Waals surface area (Å²) in [6.07, 6.45) is 5.79. The quantitative estimate of drug-likeness (QED) is 0.643. The second-order valence-corrected chi connectivity index (χ2v) is 7.46. The number of benzene rings is 1. The third-order valence-corrected chi connectivity index (χ3v) is 5.45. The average molecular weight is 394 g/mol. The van der Waals surface area contributed by atoms with Crippen LogP contribution in [-0.4, -0.2) is 40.4 Å². The zero-order valence-corrected chi connectivity index (χ0v) is 16.4. The van der Waals surface area contributed by atoms with Gasteiger partial charge in [0.05, 0.1) is 23.3 Å². The van der Waals surface area contributed by atoms with Crippen molar-refractivity contribution >= 4 is 16.9 Å². The van der Waals surface area contributed by atoms with E-state index in [0.717, 1.165) is 24.4 Å². The van der Waals surface area contributed by atoms with Crippen molar-refractivity contribution in [3.63, 3.8) is 0 Å². The van der Waals surface area contributed by atoms with Gasteiger partial charge in [-0.1, -0.05) is 18.6 Å². The lowest BCUT2D eigenvalue weighted by Gasteiger charge is -2.33. The SMILES string of the molecule is O=C(CCc1nc2ccccc2[nH]c1=O)NCC(c1ccco1)N1CCCCC1. The summed E-state index contributed by atoms with van der Waals surface area (Å²) >= 11 is 0. The van der Waals surface area contributed by atoms with E-state index in [9.17, 15) is 9.59 Å². The Hall–Kier alpha value is -2.93. The maximum Gasteiger partial charge on any atom is 0.270 e. The monoisotopic (exact) mass is 394 g/mol. The molecule has 3 heterocycles. The lowest BCUT2D eigenvalue weighted by atomic mass is 10.1. The van der Waals surface area contributed by atoms with Crippen LogP contribution in [0.3, 0.4) is 0 Å². The highest BCUT2D eigenvalue weighted by atomic mass is 16.3. The Morgan fingerprint density at radius 2 is 2.00 bits per heavy atom. The fraction of sp³-hybridized carbons (Fsp3) is 0.409. The molecule has 0 bridgehead atoms. The highest BCUT2D eigenvalue weighted by molar-refractivity contribution is 5.76. The molecule has 4 rings (SSSR count). The largest absolute Gasteiger partial charge is 0.468 e. The Kier molecular flexibility index (Phi) is 6.05. The summed E-state index contributed by atoms with van der Waals surface area (Å²) in [5, 5.41) is 3.01. The number of furan rings is 1. The van der Waals surface area contributed by atoms with Crippen molar-refractivity contribution in [1.82, 2.24) is 20.2 Å². The van der Waals surface area contributed by atoms with Gasteiger partial charge < -0.3 is 14.7 Å². The number of aromatic nitrogens is 2. The average Bonchev–Trinajstić information content (AvgIpc) is 3.28. The van der Waals surface area contributed by atoms with E-state index in [1.165, 1.54) is 19.3 Å². The first-order valence-electron chi connectivity index (χ1n) is 10.2. The second-order valence-electron chi connectivity index (χ2n) is 7.46. The van der Waals surface area contributed by atoms with Gasteiger partial charge in [0.2, 0.25) is 5.91 Å². The number of hydrogen-bond acceptors (Lipinski definition) is 5. The number of H-pyrrole nitrogens is 1. The Morgan fingerprint density at radius 1 is 1.17 bits per heavy atom. The van der Waals surface area contributed by atoms with E-state index in [1.54, 1.807) is 6.26 Å². The molecule has 2 N–H and O–H groups in total. The molecule has 1 aliphatic heterocycles. The molecule has 0 aliphatic carbocycles. The highest BCUT2D eigenvalue weighted by Gasteiger charge is 2.24. The third-order valence-electron chi connectivity index (χ3n) is 5.45. The van der Waals surface area contributed by atoms with Gasteiger partial charge in [0.1, 0.15) is 11.5 Å². The molecule has 1 saturated heterocycles. The van der Waals surface area contributed by atoms with Crippen LogP contribution in [-0.2, 0) is 11.2 Å². The molecular weight excluding hydrogens is 368 g/mol. The van der Waals surface area contributed by atoms with Crippen LogP contribution in [0.5, 0.6) is 0 Å². The minimum atomic E-state index is -0.238. The lowest BCUT2D eigenvalue weighted by molar-refractivity contribution is -0.121. The van der Waals surface area contributed by atoms with Gasteiger partial charge in [-0.25, -0.2) is 4.98 Å². The number of amides is 1. The Bertz CT molecular complexity index is 1010. The normalized spacial score (nSPS) is 16.0. The van der Waals surface area contributed by atoms with Gasteiger partial charge in [0.25, 0.3) is 5.56 Å². The summed E-state index contributed by atoms with van der Waals surface area (Å²) in [6, 6.07) is 11.3. The van der Waals surface area contributed by atoms with Crippen LogP contribution in [0.4, 0.5) is 0 Å². The number of para-hydroxylation sites is 2. The zero-order valence-electron chi connectivity index (χ0n) is 16.4. The molecule has 29 heavy (non-hydrogen) atoms. The van der Waals surface area contributed by atoms with Crippen LogP contribution >= 0.6 is 0 Å². The Labute approximate surface area is 169 Å². The maximum atomic E-state index is 12.4. The summed E-state index contributed by atoms with van der Waals surface area (Å²) < 4.78 is 5.62. The minimum Gasteiger partial charge on any atom is -0.468 e. The number of fused-ring (bicyclic) bond motifs is 1. The molecule has 0 radical (unpaired) electrons. The van der Waals surface area contributed by atoms with Crippen molar-refractivity contribution in [2.45, 2.75) is 38.1 Å². The van der Waals surface area contributed by atoms with E-state index >= 15 is 0 Å². The number of nitrogens with one attached hydrogen (secondary N) is 2. The van der Waals surface area contributed by atoms with Gasteiger partial charge in [-0.15, -0.1) is 0 Å². The van der Waals surface area contributed by atoms with Crippen LogP contribution in [0, 0.1) is 0 Å². The first-order chi connectivity index (χ1) is 14.2. The number of hydrogen-bond donors (Lipinski definition) is 2. The van der Waals surface area contributed by atoms with E-state index in [4.69, 9.17) is 4.42 Å². The number of likely N-dealkylation sites (tertiary alicyclic amines) is 1. The fourth-order valence-corrected chi connectivity index (χ4v) is 3.89. The van der Waals surface area contributed by atoms with Gasteiger partial charge in [-0.2, -0.15) is 0 Å². The number of rotatable bonds is 7. The highest BCUT2D eigenvalue weighted by Crippen LogP contribution is 2.24. The van der Waals surface area contributed by atoms with Crippen molar-refractivity contribution in [2.75, 3.05) is 19.6 Å². The number of carbonyl (C=O) groups excluding carboxylic acids is 1. The first-order valence-corrected chi connectivity index (χ1v) is 10.2. The molecular formula is C22H26N4O3. The smallest absolute Gasteiger partial charge is 0.270 e. The van der Waals surface area contributed by atoms with Crippen LogP contribution in [0.15, 0.2) is 51.9 Å². The standard InChI is InChI=1S/C22H26N4O3/c27-21(11-10-18-22(28)25-17-8-3-2-7-16(17)24-18)23-15-19(20-9-6-14-29-20)26-12-4-1-5-13-26/h2-3,6-9,14,19H,1,4-5,10-13,15H2,(H,23,27)(H,25,28). The molecule has 7 nitrogen and oxygen atoms in total. The Morgan fingerprint density at radius 3 is 2.79 bits per heavy atom. The van der Waals surface area contributed by atoms with E-state index < -0.39 is 0 Å². The summed E-state index contributed by atoms with van der Waals surface area (Å²) in [5.74, 6) is 0.785. The van der Waals surface area contributed by atoms with E-state index in [1.807, 2.05) is 36.4 Å². The molecule has 0 saturated carbocycles. The molecule has 1 unspecified atom stereocenters. The first kappa shape index (κ1) is 19.4. The minimum absolute atomic E-state index is 0.0384. The van der Waals surface area contributed by atoms with Crippen LogP contribution in [0.2, 0.25) is 0 Å². The number of aryl methyl sites for hydroxylation is 1. The molecule has 1 aromatic carbocycles. The van der Waals surface area contributed by atoms with Crippen molar-refractivity contribution < 1.29 is 9.21 Å². The number of aromatic amines is 1. The van der Waals surface area contributed by atoms with Crippen LogP contribution in [0.25, 0.3) is 11.0 Å². The van der Waals surface area contributed by atoms with Crippen molar-refractivity contribution in [3.05, 3.63) is 64.5 Å². The summed E-state index contributed by atoms with van der Waals surface area (Å²) in [5.41, 5.74) is 1.58. The van der Waals surface area contributed by atoms with Crippen molar-refractivity contribution in [3.8, 4) is 0 Å². The van der Waals surface area contributed by atoms with Gasteiger partial charge in [-0.05, 0) is 50.2 Å². The molecule has 1 fully saturated rings. The molecule has 152 valence electrons. The lowest BCUT2D eigenvalue weighted by Crippen LogP contribution is -2.40. The molecule has 1 amide bonds. The third kappa shape index (κ3) is 4.74. The van der Waals surface area contributed by atoms with E-state index in [0.29, 0.717) is 24.2 Å². The van der Waals surface area contributed by atoms with Gasteiger partial charge >= 0.3 is 0 Å².